The Morgan fingerprint density at radius 3 is 1.77 bits per heavy atom. The van der Waals surface area contributed by atoms with Crippen LogP contribution >= 0.6 is 0 Å². The van der Waals surface area contributed by atoms with Crippen LogP contribution in [0.2, 0.25) is 0 Å². The molecule has 5 nitrogen and oxygen atoms in total. The van der Waals surface area contributed by atoms with Crippen LogP contribution in [0, 0.1) is 16.7 Å². The minimum atomic E-state index is -0.461. The van der Waals surface area contributed by atoms with Crippen LogP contribution in [0.5, 0.6) is 0 Å². The van der Waals surface area contributed by atoms with Crippen LogP contribution in [-0.2, 0) is 47.1 Å². The van der Waals surface area contributed by atoms with Gasteiger partial charge in [-0.1, -0.05) is 34.6 Å². The molecule has 1 atom stereocenters. The second-order valence-electron chi connectivity index (χ2n) is 9.17. The van der Waals surface area contributed by atoms with Gasteiger partial charge in [-0.3, -0.25) is 10.1 Å². The van der Waals surface area contributed by atoms with Crippen LogP contribution in [0.1, 0.15) is 87.5 Å². The Labute approximate surface area is 185 Å². The third-order valence-electron chi connectivity index (χ3n) is 5.05. The van der Waals surface area contributed by atoms with E-state index in [4.69, 9.17) is 9.99 Å². The molecule has 0 heterocycles. The van der Waals surface area contributed by atoms with E-state index in [0.29, 0.717) is 5.92 Å². The standard InChI is InChI=1S/C17H32O3.C3H8O2.Y/c1-12(2)11-17(6,16(3,4)5)15(19)20-14-9-7-13(18)8-10-14;1-3(2)5-4;/h12-14,18H,7-11H2,1-6H3;3-4H,1-2H3;. The first-order chi connectivity index (χ1) is 11.3. The number of aliphatic hydroxyl groups is 1. The van der Waals surface area contributed by atoms with Crippen molar-refractivity contribution in [3.63, 3.8) is 0 Å². The van der Waals surface area contributed by atoms with E-state index >= 15 is 0 Å². The fourth-order valence-electron chi connectivity index (χ4n) is 2.96. The average molecular weight is 449 g/mol. The Hall–Kier alpha value is 0.454. The van der Waals surface area contributed by atoms with Crippen LogP contribution < -0.4 is 0 Å². The zero-order chi connectivity index (χ0) is 19.8. The molecule has 0 saturated heterocycles. The Kier molecular flexibility index (Phi) is 14.1. The SMILES string of the molecule is CC(C)CC(C)(C(=O)OC1CCC(O)CC1)C(C)(C)C.CC(C)OO.[Y]. The van der Waals surface area contributed by atoms with Crippen molar-refractivity contribution in [2.24, 2.45) is 16.7 Å². The molecule has 26 heavy (non-hydrogen) atoms. The molecule has 0 aliphatic heterocycles. The van der Waals surface area contributed by atoms with Gasteiger partial charge in [-0.25, -0.2) is 4.89 Å². The number of carbonyl (C=O) groups excluding carboxylic acids is 1. The summed E-state index contributed by atoms with van der Waals surface area (Å²) >= 11 is 0. The molecule has 1 saturated carbocycles. The van der Waals surface area contributed by atoms with Crippen LogP contribution in [0.3, 0.4) is 0 Å². The normalized spacial score (nSPS) is 22.8. The van der Waals surface area contributed by atoms with E-state index in [2.05, 4.69) is 39.5 Å². The minimum absolute atomic E-state index is 0. The molecular formula is C20H40O5Y. The zero-order valence-electron chi connectivity index (χ0n) is 18.0. The molecule has 0 amide bonds. The van der Waals surface area contributed by atoms with Crippen molar-refractivity contribution in [2.45, 2.75) is 106 Å². The van der Waals surface area contributed by atoms with Gasteiger partial charge in [0.15, 0.2) is 0 Å². The van der Waals surface area contributed by atoms with Gasteiger partial charge in [0.2, 0.25) is 0 Å². The summed E-state index contributed by atoms with van der Waals surface area (Å²) in [4.78, 5) is 16.5. The van der Waals surface area contributed by atoms with Crippen LogP contribution in [0.4, 0.5) is 0 Å². The zero-order valence-corrected chi connectivity index (χ0v) is 20.9. The van der Waals surface area contributed by atoms with Crippen molar-refractivity contribution in [1.29, 1.82) is 0 Å². The molecular weight excluding hydrogens is 409 g/mol. The number of ether oxygens (including phenoxy) is 1. The van der Waals surface area contributed by atoms with E-state index in [0.717, 1.165) is 32.1 Å². The van der Waals surface area contributed by atoms with E-state index in [-0.39, 0.29) is 62.4 Å². The van der Waals surface area contributed by atoms with E-state index in [9.17, 15) is 9.90 Å². The topological polar surface area (TPSA) is 76.0 Å². The van der Waals surface area contributed by atoms with Gasteiger partial charge in [0.05, 0.1) is 17.6 Å². The summed E-state index contributed by atoms with van der Waals surface area (Å²) < 4.78 is 5.78. The molecule has 1 aliphatic rings. The largest absolute Gasteiger partial charge is 0.462 e. The van der Waals surface area contributed by atoms with Gasteiger partial charge in [0.25, 0.3) is 0 Å². The Morgan fingerprint density at radius 1 is 1.04 bits per heavy atom. The van der Waals surface area contributed by atoms with E-state index in [1.54, 1.807) is 13.8 Å². The van der Waals surface area contributed by atoms with Gasteiger partial charge < -0.3 is 9.84 Å². The molecule has 0 aromatic heterocycles. The first kappa shape index (κ1) is 28.7. The van der Waals surface area contributed by atoms with Gasteiger partial charge >= 0.3 is 5.97 Å². The maximum Gasteiger partial charge on any atom is 0.312 e. The summed E-state index contributed by atoms with van der Waals surface area (Å²) in [5.74, 6) is 0.389. The van der Waals surface area contributed by atoms with Gasteiger partial charge in [0, 0.05) is 32.7 Å². The van der Waals surface area contributed by atoms with E-state index < -0.39 is 5.41 Å². The molecule has 6 heteroatoms. The Balaban J connectivity index is 0. The maximum absolute atomic E-state index is 12.7. The van der Waals surface area contributed by atoms with Crippen LogP contribution in [-0.4, -0.2) is 34.6 Å². The molecule has 1 fully saturated rings. The molecule has 1 rings (SSSR count). The monoisotopic (exact) mass is 449 g/mol. The minimum Gasteiger partial charge on any atom is -0.462 e. The predicted octanol–water partition coefficient (Wildman–Crippen LogP) is 4.81. The second-order valence-corrected chi connectivity index (χ2v) is 9.17. The number of hydrogen-bond acceptors (Lipinski definition) is 5. The molecule has 1 unspecified atom stereocenters. The summed E-state index contributed by atoms with van der Waals surface area (Å²) in [6.45, 7) is 16.2. The Bertz CT molecular complexity index is 384. The van der Waals surface area contributed by atoms with Crippen molar-refractivity contribution < 1.29 is 57.5 Å². The van der Waals surface area contributed by atoms with Gasteiger partial charge in [-0.05, 0) is 64.2 Å². The van der Waals surface area contributed by atoms with Crippen LogP contribution in [0.15, 0.2) is 0 Å². The van der Waals surface area contributed by atoms with Gasteiger partial charge in [0.1, 0.15) is 6.10 Å². The van der Waals surface area contributed by atoms with E-state index in [1.807, 2.05) is 6.92 Å². The second kappa shape index (κ2) is 12.8. The third-order valence-corrected chi connectivity index (χ3v) is 5.05. The van der Waals surface area contributed by atoms with Gasteiger partial charge in [-0.15, -0.1) is 0 Å². The fraction of sp³-hybridized carbons (Fsp3) is 0.950. The summed E-state index contributed by atoms with van der Waals surface area (Å²) in [5.41, 5.74) is -0.584. The summed E-state index contributed by atoms with van der Waals surface area (Å²) in [6, 6.07) is 0. The van der Waals surface area contributed by atoms with Gasteiger partial charge in [-0.2, -0.15) is 0 Å². The molecule has 0 aromatic carbocycles. The average Bonchev–Trinajstić information content (AvgIpc) is 2.48. The quantitative estimate of drug-likeness (QED) is 0.358. The summed E-state index contributed by atoms with van der Waals surface area (Å²) in [6.07, 6.45) is 3.61. The van der Waals surface area contributed by atoms with Crippen molar-refractivity contribution in [1.82, 2.24) is 0 Å². The summed E-state index contributed by atoms with van der Waals surface area (Å²) in [5, 5.41) is 17.2. The van der Waals surface area contributed by atoms with Crippen molar-refractivity contribution in [3.05, 3.63) is 0 Å². The molecule has 153 valence electrons. The Morgan fingerprint density at radius 2 is 1.46 bits per heavy atom. The molecule has 0 bridgehead atoms. The molecule has 0 spiro atoms. The molecule has 2 N–H and O–H groups in total. The number of esters is 1. The van der Waals surface area contributed by atoms with Crippen molar-refractivity contribution in [3.8, 4) is 0 Å². The maximum atomic E-state index is 12.7. The number of rotatable bonds is 5. The van der Waals surface area contributed by atoms with E-state index in [1.165, 1.54) is 0 Å². The molecule has 0 aromatic rings. The molecule has 1 aliphatic carbocycles. The number of aliphatic hydroxyl groups excluding tert-OH is 1. The van der Waals surface area contributed by atoms with Crippen molar-refractivity contribution in [2.75, 3.05) is 0 Å². The van der Waals surface area contributed by atoms with Crippen LogP contribution in [0.25, 0.3) is 0 Å². The fourth-order valence-corrected chi connectivity index (χ4v) is 2.96. The third kappa shape index (κ3) is 10.1. The van der Waals surface area contributed by atoms with Crippen molar-refractivity contribution >= 4 is 5.97 Å². The first-order valence-corrected chi connectivity index (χ1v) is 9.52. The number of carbonyl (C=O) groups is 1. The number of hydrogen-bond donors (Lipinski definition) is 2. The smallest absolute Gasteiger partial charge is 0.312 e. The first-order valence-electron chi connectivity index (χ1n) is 9.52. The predicted molar refractivity (Wildman–Crippen MR) is 100 cm³/mol. The molecule has 1 radical (unpaired) electrons. The summed E-state index contributed by atoms with van der Waals surface area (Å²) in [7, 11) is 0.